The van der Waals surface area contributed by atoms with Gasteiger partial charge in [0.05, 0.1) is 43.8 Å². The van der Waals surface area contributed by atoms with Gasteiger partial charge in [-0.3, -0.25) is 14.5 Å². The average molecular weight is 639 g/mol. The molecule has 2 aromatic rings. The van der Waals surface area contributed by atoms with Gasteiger partial charge in [0.25, 0.3) is 0 Å². The van der Waals surface area contributed by atoms with E-state index in [9.17, 15) is 13.6 Å². The van der Waals surface area contributed by atoms with Crippen molar-refractivity contribution >= 4 is 28.8 Å². The van der Waals surface area contributed by atoms with Gasteiger partial charge >= 0.3 is 0 Å². The quantitative estimate of drug-likeness (QED) is 0.101. The van der Waals surface area contributed by atoms with E-state index in [1.165, 1.54) is 24.3 Å². The van der Waals surface area contributed by atoms with E-state index in [1.807, 2.05) is 6.07 Å². The number of morpholine rings is 1. The normalized spacial score (nSPS) is 24.0. The van der Waals surface area contributed by atoms with E-state index in [-0.39, 0.29) is 29.7 Å². The minimum atomic E-state index is -0.654. The Balaban J connectivity index is 1.25. The molecular formula is C32H40F2N8O4. The summed E-state index contributed by atoms with van der Waals surface area (Å²) in [4.78, 5) is 27.6. The number of aliphatic imine (C=N–C) groups is 1. The van der Waals surface area contributed by atoms with Gasteiger partial charge in [0.2, 0.25) is 5.91 Å². The number of amides is 1. The number of rotatable bonds is 10. The first-order valence-corrected chi connectivity index (χ1v) is 15.4. The van der Waals surface area contributed by atoms with Crippen molar-refractivity contribution in [2.24, 2.45) is 16.6 Å². The number of hydrazine groups is 1. The van der Waals surface area contributed by atoms with Gasteiger partial charge in [-0.15, -0.1) is 0 Å². The molecule has 4 saturated heterocycles. The zero-order valence-electron chi connectivity index (χ0n) is 25.8. The number of hydrogen-bond acceptors (Lipinski definition) is 10. The Morgan fingerprint density at radius 2 is 1.98 bits per heavy atom. The minimum Gasteiger partial charge on any atom is -0.494 e. The predicted octanol–water partition coefficient (Wildman–Crippen LogP) is 3.21. The van der Waals surface area contributed by atoms with Crippen LogP contribution in [0.15, 0.2) is 59.9 Å². The molecule has 0 aliphatic carbocycles. The Morgan fingerprint density at radius 1 is 1.17 bits per heavy atom. The number of methoxy groups -OCH3 is 1. The van der Waals surface area contributed by atoms with Crippen LogP contribution in [0.1, 0.15) is 37.3 Å². The lowest BCUT2D eigenvalue weighted by Crippen LogP contribution is -2.49. The van der Waals surface area contributed by atoms with Gasteiger partial charge < -0.3 is 30.8 Å². The highest BCUT2D eigenvalue weighted by molar-refractivity contribution is 6.02. The topological polar surface area (TPSA) is 143 Å². The predicted molar refractivity (Wildman–Crippen MR) is 170 cm³/mol. The Bertz CT molecular complexity index is 1530. The van der Waals surface area contributed by atoms with E-state index < -0.39 is 17.7 Å². The van der Waals surface area contributed by atoms with Crippen molar-refractivity contribution in [1.29, 1.82) is 0 Å². The second-order valence-corrected chi connectivity index (χ2v) is 11.8. The molecular weight excluding hydrogens is 598 g/mol. The summed E-state index contributed by atoms with van der Waals surface area (Å²) < 4.78 is 40.1. The third-order valence-electron chi connectivity index (χ3n) is 9.10. The number of fused-ring (bicyclic) bond motifs is 2. The molecule has 0 radical (unpaired) electrons. The van der Waals surface area contributed by atoms with Gasteiger partial charge in [-0.2, -0.15) is 0 Å². The van der Waals surface area contributed by atoms with Gasteiger partial charge in [0.15, 0.2) is 0 Å². The smallest absolute Gasteiger partial charge is 0.247 e. The lowest BCUT2D eigenvalue weighted by Gasteiger charge is -2.41. The Morgan fingerprint density at radius 3 is 2.65 bits per heavy atom. The van der Waals surface area contributed by atoms with Crippen molar-refractivity contribution in [1.82, 2.24) is 15.4 Å². The van der Waals surface area contributed by atoms with Crippen LogP contribution in [0.3, 0.4) is 0 Å². The monoisotopic (exact) mass is 638 g/mol. The summed E-state index contributed by atoms with van der Waals surface area (Å²) in [6.45, 7) is 7.28. The number of nitrogens with two attached hydrogens (primary N) is 2. The van der Waals surface area contributed by atoms with Gasteiger partial charge in [-0.25, -0.2) is 24.7 Å². The fraction of sp³-hybridized carbons (Fsp3) is 0.438. The summed E-state index contributed by atoms with van der Waals surface area (Å²) in [6.07, 6.45) is 6.49. The van der Waals surface area contributed by atoms with E-state index in [1.54, 1.807) is 6.07 Å². The van der Waals surface area contributed by atoms with Crippen LogP contribution >= 0.6 is 0 Å². The number of amidine groups is 1. The SMILES string of the molecule is C=CC(=O)Nc1cc(N=C(N)/C=C(\NN)N2OCC[C@@H]2c2cc(F)ccc2F)c(OC)cc1N1CCC(N2C[C@H]3C[C@@H]2CO3)CC1. The number of anilines is 2. The number of benzene rings is 2. The molecule has 0 spiro atoms. The number of hydrogen-bond donors (Lipinski definition) is 4. The van der Waals surface area contributed by atoms with Crippen LogP contribution in [0, 0.1) is 11.6 Å². The Labute approximate surface area is 266 Å². The molecule has 6 rings (SSSR count). The number of ether oxygens (including phenoxy) is 2. The fourth-order valence-corrected chi connectivity index (χ4v) is 6.91. The number of likely N-dealkylation sites (tertiary alicyclic amines) is 1. The van der Waals surface area contributed by atoms with Crippen molar-refractivity contribution in [2.45, 2.75) is 49.9 Å². The van der Waals surface area contributed by atoms with Crippen LogP contribution in [0.4, 0.5) is 25.8 Å². The molecule has 0 unspecified atom stereocenters. The summed E-state index contributed by atoms with van der Waals surface area (Å²) in [5.41, 5.74) is 10.7. The van der Waals surface area contributed by atoms with Crippen LogP contribution in [-0.4, -0.2) is 79.9 Å². The van der Waals surface area contributed by atoms with E-state index in [0.717, 1.165) is 69.4 Å². The molecule has 1 amide bonds. The van der Waals surface area contributed by atoms with E-state index in [2.05, 4.69) is 32.1 Å². The molecule has 14 heteroatoms. The largest absolute Gasteiger partial charge is 0.494 e. The molecule has 6 N–H and O–H groups in total. The fourth-order valence-electron chi connectivity index (χ4n) is 6.91. The number of halogens is 2. The molecule has 4 aliphatic rings. The number of nitrogens with one attached hydrogen (secondary N) is 2. The molecule has 4 heterocycles. The lowest BCUT2D eigenvalue weighted by molar-refractivity contribution is -0.111. The molecule has 2 aromatic carbocycles. The Kier molecular flexibility index (Phi) is 9.40. The average Bonchev–Trinajstić information content (AvgIpc) is 3.83. The third-order valence-corrected chi connectivity index (χ3v) is 9.10. The zero-order chi connectivity index (χ0) is 32.4. The summed E-state index contributed by atoms with van der Waals surface area (Å²) in [5.74, 6) is 4.95. The Hall–Kier alpha value is -4.24. The zero-order valence-corrected chi connectivity index (χ0v) is 25.8. The van der Waals surface area contributed by atoms with Crippen LogP contribution in [0.5, 0.6) is 5.75 Å². The summed E-state index contributed by atoms with van der Waals surface area (Å²) >= 11 is 0. The molecule has 4 aliphatic heterocycles. The second-order valence-electron chi connectivity index (χ2n) is 11.8. The van der Waals surface area contributed by atoms with Gasteiger partial charge in [-0.1, -0.05) is 6.58 Å². The summed E-state index contributed by atoms with van der Waals surface area (Å²) in [7, 11) is 1.53. The van der Waals surface area contributed by atoms with Crippen molar-refractivity contribution in [2.75, 3.05) is 50.2 Å². The number of piperidine rings is 1. The van der Waals surface area contributed by atoms with Gasteiger partial charge in [0, 0.05) is 55.8 Å². The molecule has 46 heavy (non-hydrogen) atoms. The van der Waals surface area contributed by atoms with Crippen molar-refractivity contribution in [3.05, 3.63) is 72.1 Å². The molecule has 12 nitrogen and oxygen atoms in total. The molecule has 2 bridgehead atoms. The van der Waals surface area contributed by atoms with Gasteiger partial charge in [0.1, 0.15) is 34.7 Å². The van der Waals surface area contributed by atoms with Crippen molar-refractivity contribution in [3.63, 3.8) is 0 Å². The van der Waals surface area contributed by atoms with Crippen LogP contribution in [0.2, 0.25) is 0 Å². The number of hydroxylamine groups is 2. The second kappa shape index (κ2) is 13.6. The summed E-state index contributed by atoms with van der Waals surface area (Å²) in [5, 5.41) is 4.26. The standard InChI is InChI=1S/C32H40F2N8O4/c1-3-32(43)38-25-14-26(29(44-2)15-28(25)40-9-6-20(7-10-40)41-17-22-13-21(41)18-45-22)37-30(35)16-31(39-36)42-27(8-11-46-42)23-12-19(33)4-5-24(23)34/h3-5,12,14-16,20-22,27,39H,1,6-11,13,17-18,36H2,2H3,(H2,35,37)(H,38,43)/b31-16+/t21-,22-,27-/m1/s1. The maximum Gasteiger partial charge on any atom is 0.247 e. The first-order chi connectivity index (χ1) is 22.3. The summed E-state index contributed by atoms with van der Waals surface area (Å²) in [6, 6.07) is 7.16. The molecule has 0 saturated carbocycles. The number of carbonyl (C=O) groups is 1. The molecule has 4 fully saturated rings. The van der Waals surface area contributed by atoms with E-state index in [0.29, 0.717) is 41.7 Å². The molecule has 3 atom stereocenters. The van der Waals surface area contributed by atoms with Crippen LogP contribution < -0.4 is 32.0 Å². The first-order valence-electron chi connectivity index (χ1n) is 15.4. The highest BCUT2D eigenvalue weighted by Gasteiger charge is 2.42. The van der Waals surface area contributed by atoms with Crippen molar-refractivity contribution < 1.29 is 27.9 Å². The highest BCUT2D eigenvalue weighted by atomic mass is 19.1. The maximum absolute atomic E-state index is 14.6. The highest BCUT2D eigenvalue weighted by Crippen LogP contribution is 2.41. The molecule has 0 aromatic heterocycles. The lowest BCUT2D eigenvalue weighted by atomic mass is 10.0. The first kappa shape index (κ1) is 31.7. The van der Waals surface area contributed by atoms with Crippen LogP contribution in [0.25, 0.3) is 0 Å². The molecule has 246 valence electrons. The minimum absolute atomic E-state index is 0.0127. The number of nitrogens with zero attached hydrogens (tertiary/aromatic N) is 4. The van der Waals surface area contributed by atoms with E-state index >= 15 is 0 Å². The number of carbonyl (C=O) groups excluding carboxylic acids is 1. The third kappa shape index (κ3) is 6.51. The maximum atomic E-state index is 14.6. The van der Waals surface area contributed by atoms with E-state index in [4.69, 9.17) is 25.9 Å². The van der Waals surface area contributed by atoms with Crippen molar-refractivity contribution in [3.8, 4) is 5.75 Å². The van der Waals surface area contributed by atoms with Crippen LogP contribution in [-0.2, 0) is 14.4 Å². The van der Waals surface area contributed by atoms with Gasteiger partial charge in [-0.05, 0) is 49.6 Å².